The van der Waals surface area contributed by atoms with E-state index in [0.29, 0.717) is 4.34 Å². The molecule has 1 unspecified atom stereocenters. The normalized spacial score (nSPS) is 17.8. The molecule has 0 saturated carbocycles. The molecule has 3 atom stereocenters. The van der Waals surface area contributed by atoms with Gasteiger partial charge in [-0.3, -0.25) is 4.79 Å². The summed E-state index contributed by atoms with van der Waals surface area (Å²) in [5, 5.41) is 7.13. The van der Waals surface area contributed by atoms with E-state index in [-0.39, 0.29) is 16.7 Å². The fourth-order valence-corrected chi connectivity index (χ4v) is 3.69. The number of hydrogen-bond acceptors (Lipinski definition) is 4. The minimum Gasteiger partial charge on any atom is -0.320 e. The highest BCUT2D eigenvalue weighted by Gasteiger charge is 2.24. The van der Waals surface area contributed by atoms with Gasteiger partial charge in [-0.05, 0) is 17.9 Å². The number of halogens is 1. The maximum absolute atomic E-state index is 12.2. The van der Waals surface area contributed by atoms with E-state index in [9.17, 15) is 9.00 Å². The van der Waals surface area contributed by atoms with E-state index in [1.54, 1.807) is 0 Å². The largest absolute Gasteiger partial charge is 0.320 e. The molecule has 108 valence electrons. The van der Waals surface area contributed by atoms with Crippen molar-refractivity contribution in [3.05, 3.63) is 15.8 Å². The third-order valence-corrected chi connectivity index (χ3v) is 5.61. The van der Waals surface area contributed by atoms with Crippen LogP contribution in [0.15, 0.2) is 20.7 Å². The van der Waals surface area contributed by atoms with Crippen molar-refractivity contribution >= 4 is 38.8 Å². The van der Waals surface area contributed by atoms with Gasteiger partial charge in [-0.2, -0.15) is 0 Å². The van der Waals surface area contributed by atoms with Crippen molar-refractivity contribution in [2.45, 2.75) is 31.7 Å². The molecule has 19 heavy (non-hydrogen) atoms. The van der Waals surface area contributed by atoms with Gasteiger partial charge in [-0.15, -0.1) is 15.7 Å². The van der Waals surface area contributed by atoms with Crippen molar-refractivity contribution in [2.24, 2.45) is 27.1 Å². The lowest BCUT2D eigenvalue weighted by Gasteiger charge is -2.20. The van der Waals surface area contributed by atoms with Gasteiger partial charge >= 0.3 is 0 Å². The summed E-state index contributed by atoms with van der Waals surface area (Å²) in [6.07, 6.45) is 0. The van der Waals surface area contributed by atoms with Crippen molar-refractivity contribution in [1.29, 1.82) is 0 Å². The lowest BCUT2D eigenvalue weighted by atomic mass is 9.91. The number of nitrogens with zero attached hydrogens (tertiary/aromatic N) is 1. The smallest absolute Gasteiger partial charge is 0.272 e. The van der Waals surface area contributed by atoms with E-state index in [0.717, 1.165) is 0 Å². The highest BCUT2D eigenvalue weighted by molar-refractivity contribution is 7.91. The molecule has 1 aromatic rings. The van der Waals surface area contributed by atoms with Gasteiger partial charge in [0.15, 0.2) is 0 Å². The molecule has 8 heteroatoms. The summed E-state index contributed by atoms with van der Waals surface area (Å²) in [6.45, 7) is 5.76. The molecule has 1 amide bonds. The Bertz CT molecular complexity index is 576. The molecule has 0 aliphatic carbocycles. The Morgan fingerprint density at radius 3 is 2.47 bits per heavy atom. The van der Waals surface area contributed by atoms with Crippen LogP contribution in [0.4, 0.5) is 0 Å². The number of rotatable bonds is 4. The number of carbonyl (C=O) groups excluding carboxylic acids is 1. The van der Waals surface area contributed by atoms with Gasteiger partial charge in [-0.25, -0.2) is 9.35 Å². The Balaban J connectivity index is 3.01. The fourth-order valence-electron chi connectivity index (χ4n) is 1.33. The summed E-state index contributed by atoms with van der Waals surface area (Å²) in [4.78, 5) is 12.2. The van der Waals surface area contributed by atoms with E-state index in [1.807, 2.05) is 20.8 Å². The highest BCUT2D eigenvalue weighted by Crippen LogP contribution is 2.24. The Morgan fingerprint density at radius 1 is 1.47 bits per heavy atom. The molecule has 0 spiro atoms. The van der Waals surface area contributed by atoms with Crippen LogP contribution in [0.2, 0.25) is 4.34 Å². The topological polar surface area (TPSA) is 98.5 Å². The third kappa shape index (κ3) is 4.25. The Hall–Kier alpha value is -0.470. The van der Waals surface area contributed by atoms with Crippen LogP contribution < -0.4 is 10.9 Å². The van der Waals surface area contributed by atoms with Crippen molar-refractivity contribution < 1.29 is 9.00 Å². The number of hydrogen-bond donors (Lipinski definition) is 2. The molecular formula is C11H18ClN3O2S2. The van der Waals surface area contributed by atoms with Gasteiger partial charge in [0.1, 0.15) is 9.92 Å². The summed E-state index contributed by atoms with van der Waals surface area (Å²) >= 11 is 6.93. The van der Waals surface area contributed by atoms with Crippen molar-refractivity contribution in [1.82, 2.24) is 0 Å². The quantitative estimate of drug-likeness (QED) is 0.888. The molecule has 0 fully saturated rings. The lowest BCUT2D eigenvalue weighted by molar-refractivity contribution is -0.120. The van der Waals surface area contributed by atoms with Crippen molar-refractivity contribution in [3.8, 4) is 0 Å². The zero-order valence-electron chi connectivity index (χ0n) is 11.0. The van der Waals surface area contributed by atoms with E-state index < -0.39 is 21.9 Å². The van der Waals surface area contributed by atoms with Gasteiger partial charge in [0.05, 0.1) is 15.3 Å². The summed E-state index contributed by atoms with van der Waals surface area (Å²) in [5.41, 5.74) is 5.80. The minimum atomic E-state index is -3.27. The molecule has 1 rings (SSSR count). The number of carbonyl (C=O) groups is 1. The molecule has 0 aromatic carbocycles. The van der Waals surface area contributed by atoms with Gasteiger partial charge in [0.25, 0.3) is 5.91 Å². The maximum Gasteiger partial charge on any atom is 0.272 e. The Labute approximate surface area is 122 Å². The van der Waals surface area contributed by atoms with Crippen LogP contribution in [-0.2, 0) is 14.7 Å². The molecule has 0 bridgehead atoms. The summed E-state index contributed by atoms with van der Waals surface area (Å²) in [5.74, 6) is -0.493. The zero-order chi connectivity index (χ0) is 14.8. The molecule has 0 saturated heterocycles. The first kappa shape index (κ1) is 16.6. The van der Waals surface area contributed by atoms with E-state index in [2.05, 4.69) is 4.36 Å². The summed E-state index contributed by atoms with van der Waals surface area (Å²) in [6, 6.07) is 0.640. The SMILES string of the molecule is CC(C)[C@H](C)[C@H](N)C(=O)N=S(N)(=O)c1csc(Cl)c1. The number of nitrogens with two attached hydrogens (primary N) is 2. The monoisotopic (exact) mass is 323 g/mol. The molecule has 1 aromatic heterocycles. The average molecular weight is 324 g/mol. The van der Waals surface area contributed by atoms with Crippen LogP contribution in [0.5, 0.6) is 0 Å². The molecule has 5 nitrogen and oxygen atoms in total. The van der Waals surface area contributed by atoms with Gasteiger partial charge in [0.2, 0.25) is 0 Å². The minimum absolute atomic E-state index is 0.0717. The third-order valence-electron chi connectivity index (χ3n) is 3.01. The molecule has 0 radical (unpaired) electrons. The second-order valence-electron chi connectivity index (χ2n) is 4.71. The summed E-state index contributed by atoms with van der Waals surface area (Å²) < 4.78 is 16.2. The van der Waals surface area contributed by atoms with Crippen LogP contribution in [0.25, 0.3) is 0 Å². The van der Waals surface area contributed by atoms with Crippen LogP contribution in [0.1, 0.15) is 20.8 Å². The molecule has 0 aliphatic rings. The number of thiophene rings is 1. The van der Waals surface area contributed by atoms with Crippen LogP contribution in [-0.4, -0.2) is 16.2 Å². The van der Waals surface area contributed by atoms with Gasteiger partial charge in [-0.1, -0.05) is 32.4 Å². The standard InChI is InChI=1S/C11H18ClN3O2S2/c1-6(2)7(3)10(13)11(16)15-19(14,17)8-4-9(12)18-5-8/h4-7,10H,13H2,1-3H3,(H2,14,15,16,17)/t7-,10-,19?/m0/s1. The predicted molar refractivity (Wildman–Crippen MR) is 79.3 cm³/mol. The van der Waals surface area contributed by atoms with Crippen LogP contribution in [0.3, 0.4) is 0 Å². The predicted octanol–water partition coefficient (Wildman–Crippen LogP) is 2.25. The Morgan fingerprint density at radius 2 is 2.05 bits per heavy atom. The van der Waals surface area contributed by atoms with E-state index >= 15 is 0 Å². The van der Waals surface area contributed by atoms with Gasteiger partial charge < -0.3 is 5.73 Å². The van der Waals surface area contributed by atoms with Crippen LogP contribution in [0, 0.1) is 11.8 Å². The molecule has 4 N–H and O–H groups in total. The highest BCUT2D eigenvalue weighted by atomic mass is 35.5. The molecule has 0 aliphatic heterocycles. The fraction of sp³-hybridized carbons (Fsp3) is 0.545. The maximum atomic E-state index is 12.2. The number of amides is 1. The first-order valence-electron chi connectivity index (χ1n) is 5.73. The second-order valence-corrected chi connectivity index (χ2v) is 8.05. The van der Waals surface area contributed by atoms with Crippen molar-refractivity contribution in [3.63, 3.8) is 0 Å². The van der Waals surface area contributed by atoms with Crippen molar-refractivity contribution in [2.75, 3.05) is 0 Å². The molecule has 1 heterocycles. The van der Waals surface area contributed by atoms with Gasteiger partial charge in [0, 0.05) is 5.38 Å². The molecular weight excluding hydrogens is 306 g/mol. The van der Waals surface area contributed by atoms with E-state index in [1.165, 1.54) is 22.8 Å². The first-order chi connectivity index (χ1) is 8.65. The Kier molecular flexibility index (Phi) is 5.52. The first-order valence-corrected chi connectivity index (χ1v) is 8.57. The van der Waals surface area contributed by atoms with Crippen LogP contribution >= 0.6 is 22.9 Å². The second kappa shape index (κ2) is 6.32. The van der Waals surface area contributed by atoms with E-state index in [4.69, 9.17) is 22.5 Å². The average Bonchev–Trinajstić information content (AvgIpc) is 2.73. The lowest BCUT2D eigenvalue weighted by Crippen LogP contribution is -2.39. The zero-order valence-corrected chi connectivity index (χ0v) is 13.4. The summed E-state index contributed by atoms with van der Waals surface area (Å²) in [7, 11) is -3.27.